The summed E-state index contributed by atoms with van der Waals surface area (Å²) in [6.45, 7) is 9.17. The van der Waals surface area contributed by atoms with E-state index in [0.29, 0.717) is 6.54 Å². The quantitative estimate of drug-likeness (QED) is 0.879. The van der Waals surface area contributed by atoms with Crippen molar-refractivity contribution in [2.45, 2.75) is 53.1 Å². The molecule has 1 aromatic rings. The molecule has 1 aliphatic rings. The summed E-state index contributed by atoms with van der Waals surface area (Å²) in [5, 5.41) is 14.0. The Morgan fingerprint density at radius 2 is 2.19 bits per heavy atom. The lowest BCUT2D eigenvalue weighted by Gasteiger charge is -2.37. The van der Waals surface area contributed by atoms with Crippen molar-refractivity contribution < 1.29 is 9.90 Å². The number of aromatic nitrogens is 2. The van der Waals surface area contributed by atoms with Gasteiger partial charge in [0.05, 0.1) is 21.3 Å². The van der Waals surface area contributed by atoms with Crippen molar-refractivity contribution in [3.8, 4) is 0 Å². The van der Waals surface area contributed by atoms with E-state index in [1.54, 1.807) is 0 Å². The van der Waals surface area contributed by atoms with E-state index < -0.39 is 11.4 Å². The summed E-state index contributed by atoms with van der Waals surface area (Å²) in [5.74, 6) is -0.690. The van der Waals surface area contributed by atoms with Crippen molar-refractivity contribution in [3.63, 3.8) is 0 Å². The van der Waals surface area contributed by atoms with Gasteiger partial charge in [-0.25, -0.2) is 0 Å². The molecule has 0 aromatic carbocycles. The second kappa shape index (κ2) is 6.48. The molecule has 0 radical (unpaired) electrons. The zero-order valence-corrected chi connectivity index (χ0v) is 14.6. The van der Waals surface area contributed by atoms with Crippen LogP contribution in [0.1, 0.15) is 45.0 Å². The first kappa shape index (κ1) is 16.5. The number of hydrogen-bond acceptors (Lipinski definition) is 3. The molecule has 0 spiro atoms. The second-order valence-electron chi connectivity index (χ2n) is 6.06. The van der Waals surface area contributed by atoms with Crippen LogP contribution in [-0.2, 0) is 24.3 Å². The van der Waals surface area contributed by atoms with Gasteiger partial charge in [0.15, 0.2) is 0 Å². The highest BCUT2D eigenvalue weighted by Gasteiger charge is 2.38. The van der Waals surface area contributed by atoms with E-state index in [4.69, 9.17) is 0 Å². The molecule has 0 amide bonds. The Balaban J connectivity index is 2.18. The van der Waals surface area contributed by atoms with Crippen LogP contribution in [-0.4, -0.2) is 38.8 Å². The van der Waals surface area contributed by atoms with Crippen LogP contribution in [0.2, 0.25) is 0 Å². The highest BCUT2D eigenvalue weighted by molar-refractivity contribution is 9.10. The number of carboxylic acids is 1. The molecule has 0 aliphatic carbocycles. The minimum atomic E-state index is -0.690. The fourth-order valence-electron chi connectivity index (χ4n) is 3.03. The number of aliphatic carboxylic acids is 1. The Morgan fingerprint density at radius 3 is 2.76 bits per heavy atom. The Kier molecular flexibility index (Phi) is 5.09. The van der Waals surface area contributed by atoms with E-state index in [1.165, 1.54) is 0 Å². The van der Waals surface area contributed by atoms with Crippen LogP contribution < -0.4 is 0 Å². The molecule has 1 aromatic heterocycles. The zero-order chi connectivity index (χ0) is 15.6. The highest BCUT2D eigenvalue weighted by atomic mass is 79.9. The number of piperidine rings is 1. The fraction of sp³-hybridized carbons (Fsp3) is 0.733. The standard InChI is InChI=1S/C15H24BrN3O2/c1-4-11-13(16)12(19(5-2)17-11)9-18-8-6-7-15(3,10-18)14(20)21/h4-10H2,1-3H3,(H,20,21). The first-order chi connectivity index (χ1) is 9.91. The van der Waals surface area contributed by atoms with Crippen LogP contribution in [0.4, 0.5) is 0 Å². The Labute approximate surface area is 134 Å². The third-order valence-corrected chi connectivity index (χ3v) is 5.27. The van der Waals surface area contributed by atoms with Crippen LogP contribution in [0.15, 0.2) is 4.47 Å². The van der Waals surface area contributed by atoms with Crippen molar-refractivity contribution in [2.24, 2.45) is 5.41 Å². The number of rotatable bonds is 5. The Hall–Kier alpha value is -0.880. The molecule has 1 atom stereocenters. The monoisotopic (exact) mass is 357 g/mol. The van der Waals surface area contributed by atoms with Gasteiger partial charge in [0.1, 0.15) is 0 Å². The van der Waals surface area contributed by atoms with Crippen molar-refractivity contribution in [1.82, 2.24) is 14.7 Å². The molecule has 1 aliphatic heterocycles. The van der Waals surface area contributed by atoms with Crippen LogP contribution >= 0.6 is 15.9 Å². The predicted octanol–water partition coefficient (Wildman–Crippen LogP) is 2.91. The van der Waals surface area contributed by atoms with Crippen LogP contribution in [0.25, 0.3) is 0 Å². The maximum atomic E-state index is 11.5. The summed E-state index contributed by atoms with van der Waals surface area (Å²) in [7, 11) is 0. The highest BCUT2D eigenvalue weighted by Crippen LogP contribution is 2.32. The predicted molar refractivity (Wildman–Crippen MR) is 85.2 cm³/mol. The molecule has 6 heteroatoms. The van der Waals surface area contributed by atoms with Gasteiger partial charge in [-0.1, -0.05) is 6.92 Å². The first-order valence-corrected chi connectivity index (χ1v) is 8.40. The molecule has 1 fully saturated rings. The van der Waals surface area contributed by atoms with E-state index >= 15 is 0 Å². The van der Waals surface area contributed by atoms with Gasteiger partial charge in [-0.05, 0) is 55.6 Å². The number of carbonyl (C=O) groups is 1. The number of likely N-dealkylation sites (tertiary alicyclic amines) is 1. The molecule has 0 saturated carbocycles. The lowest BCUT2D eigenvalue weighted by atomic mass is 9.82. The van der Waals surface area contributed by atoms with Crippen molar-refractivity contribution in [1.29, 1.82) is 0 Å². The van der Waals surface area contributed by atoms with Crippen LogP contribution in [0, 0.1) is 5.41 Å². The van der Waals surface area contributed by atoms with E-state index in [1.807, 2.05) is 11.6 Å². The minimum Gasteiger partial charge on any atom is -0.481 e. The lowest BCUT2D eigenvalue weighted by Crippen LogP contribution is -2.45. The molecule has 118 valence electrons. The maximum absolute atomic E-state index is 11.5. The van der Waals surface area contributed by atoms with E-state index in [9.17, 15) is 9.90 Å². The number of nitrogens with zero attached hydrogens (tertiary/aromatic N) is 3. The van der Waals surface area contributed by atoms with Gasteiger partial charge in [-0.15, -0.1) is 0 Å². The van der Waals surface area contributed by atoms with Crippen LogP contribution in [0.3, 0.4) is 0 Å². The smallest absolute Gasteiger partial charge is 0.310 e. The van der Waals surface area contributed by atoms with Gasteiger partial charge in [0, 0.05) is 19.6 Å². The van der Waals surface area contributed by atoms with Gasteiger partial charge in [0.2, 0.25) is 0 Å². The van der Waals surface area contributed by atoms with E-state index in [-0.39, 0.29) is 0 Å². The van der Waals surface area contributed by atoms with E-state index in [0.717, 1.165) is 54.8 Å². The van der Waals surface area contributed by atoms with Crippen LogP contribution in [0.5, 0.6) is 0 Å². The molecule has 5 nitrogen and oxygen atoms in total. The Bertz CT molecular complexity index is 529. The van der Waals surface area contributed by atoms with Gasteiger partial charge >= 0.3 is 5.97 Å². The van der Waals surface area contributed by atoms with Gasteiger partial charge in [-0.3, -0.25) is 14.4 Å². The van der Waals surface area contributed by atoms with Gasteiger partial charge in [-0.2, -0.15) is 5.10 Å². The molecule has 1 N–H and O–H groups in total. The van der Waals surface area contributed by atoms with Crippen molar-refractivity contribution >= 4 is 21.9 Å². The SMILES string of the molecule is CCc1nn(CC)c(CN2CCCC(C)(C(=O)O)C2)c1Br. The largest absolute Gasteiger partial charge is 0.481 e. The molecule has 2 rings (SSSR count). The molecule has 2 heterocycles. The van der Waals surface area contributed by atoms with Gasteiger partial charge < -0.3 is 5.11 Å². The molecule has 0 bridgehead atoms. The number of aryl methyl sites for hydroxylation is 2. The van der Waals surface area contributed by atoms with Crippen molar-refractivity contribution in [3.05, 3.63) is 15.9 Å². The Morgan fingerprint density at radius 1 is 1.48 bits per heavy atom. The summed E-state index contributed by atoms with van der Waals surface area (Å²) >= 11 is 3.66. The molecule has 1 saturated heterocycles. The molecular weight excluding hydrogens is 334 g/mol. The second-order valence-corrected chi connectivity index (χ2v) is 6.85. The van der Waals surface area contributed by atoms with Gasteiger partial charge in [0.25, 0.3) is 0 Å². The molecule has 21 heavy (non-hydrogen) atoms. The third kappa shape index (κ3) is 3.31. The maximum Gasteiger partial charge on any atom is 0.310 e. The average molecular weight is 358 g/mol. The lowest BCUT2D eigenvalue weighted by molar-refractivity contribution is -0.151. The summed E-state index contributed by atoms with van der Waals surface area (Å²) in [5.41, 5.74) is 1.60. The normalized spacial score (nSPS) is 23.4. The summed E-state index contributed by atoms with van der Waals surface area (Å²) < 4.78 is 3.10. The fourth-order valence-corrected chi connectivity index (χ4v) is 3.72. The van der Waals surface area contributed by atoms with Crippen molar-refractivity contribution in [2.75, 3.05) is 13.1 Å². The molecule has 1 unspecified atom stereocenters. The number of carboxylic acid groups (broad SMARTS) is 1. The first-order valence-electron chi connectivity index (χ1n) is 7.61. The topological polar surface area (TPSA) is 58.4 Å². The number of halogens is 1. The van der Waals surface area contributed by atoms with E-state index in [2.05, 4.69) is 39.8 Å². The zero-order valence-electron chi connectivity index (χ0n) is 13.0. The summed E-state index contributed by atoms with van der Waals surface area (Å²) in [6, 6.07) is 0. The number of hydrogen-bond donors (Lipinski definition) is 1. The summed E-state index contributed by atoms with van der Waals surface area (Å²) in [4.78, 5) is 13.7. The molecular formula is C15H24BrN3O2. The third-order valence-electron chi connectivity index (χ3n) is 4.36. The minimum absolute atomic E-state index is 0.602. The average Bonchev–Trinajstić information content (AvgIpc) is 2.75. The summed E-state index contributed by atoms with van der Waals surface area (Å²) in [6.07, 6.45) is 2.59.